The third kappa shape index (κ3) is 2.51. The second-order valence-electron chi connectivity index (χ2n) is 4.19. The molecular weight excluding hydrogens is 284 g/mol. The monoisotopic (exact) mass is 297 g/mol. The van der Waals surface area contributed by atoms with Gasteiger partial charge in [0.1, 0.15) is 22.2 Å². The second-order valence-corrected chi connectivity index (χ2v) is 5.10. The number of ether oxygens (including phenoxy) is 1. The number of benzene rings is 1. The largest absolute Gasteiger partial charge is 0.462 e. The first kappa shape index (κ1) is 14.5. The van der Waals surface area contributed by atoms with Crippen LogP contribution in [0.15, 0.2) is 17.5 Å². The van der Waals surface area contributed by atoms with E-state index in [-0.39, 0.29) is 33.9 Å². The normalized spacial score (nSPS) is 10.6. The van der Waals surface area contributed by atoms with Crippen LogP contribution in [-0.4, -0.2) is 12.6 Å². The molecule has 2 rings (SSSR count). The lowest BCUT2D eigenvalue weighted by molar-refractivity contribution is 0.0529. The summed E-state index contributed by atoms with van der Waals surface area (Å²) in [6.45, 7) is 3.31. The van der Waals surface area contributed by atoms with Crippen LogP contribution >= 0.6 is 11.3 Å². The lowest BCUT2D eigenvalue weighted by Gasteiger charge is -2.08. The minimum Gasteiger partial charge on any atom is -0.462 e. The van der Waals surface area contributed by atoms with Gasteiger partial charge in [0.2, 0.25) is 0 Å². The Morgan fingerprint density at radius 3 is 2.65 bits per heavy atom. The number of nitrogen functional groups attached to an aromatic ring is 1. The standard InChI is InChI=1S/C14H13F2NO2S/c1-3-19-14(18)12-9(6-20-13(12)17)8-5-10(15)7(2)4-11(8)16/h4-6H,3,17H2,1-2H3. The van der Waals surface area contributed by atoms with Crippen molar-refractivity contribution in [2.45, 2.75) is 13.8 Å². The number of halogens is 2. The molecule has 20 heavy (non-hydrogen) atoms. The Labute approximate surface area is 119 Å². The number of rotatable bonds is 3. The van der Waals surface area contributed by atoms with Gasteiger partial charge in [-0.3, -0.25) is 0 Å². The molecule has 1 heterocycles. The van der Waals surface area contributed by atoms with Crippen LogP contribution in [0.4, 0.5) is 13.8 Å². The molecular formula is C14H13F2NO2S. The zero-order chi connectivity index (χ0) is 14.9. The first-order valence-corrected chi connectivity index (χ1v) is 6.83. The summed E-state index contributed by atoms with van der Waals surface area (Å²) in [4.78, 5) is 11.9. The van der Waals surface area contributed by atoms with Crippen LogP contribution in [0.3, 0.4) is 0 Å². The van der Waals surface area contributed by atoms with Crippen molar-refractivity contribution in [1.29, 1.82) is 0 Å². The van der Waals surface area contributed by atoms with Crippen LogP contribution in [0, 0.1) is 18.6 Å². The first-order chi connectivity index (χ1) is 9.45. The van der Waals surface area contributed by atoms with E-state index in [0.29, 0.717) is 0 Å². The number of carbonyl (C=O) groups is 1. The average molecular weight is 297 g/mol. The van der Waals surface area contributed by atoms with E-state index >= 15 is 0 Å². The summed E-state index contributed by atoms with van der Waals surface area (Å²) in [5.41, 5.74) is 6.27. The summed E-state index contributed by atoms with van der Waals surface area (Å²) in [6.07, 6.45) is 0. The van der Waals surface area contributed by atoms with E-state index in [1.807, 2.05) is 0 Å². The number of anilines is 1. The van der Waals surface area contributed by atoms with Crippen LogP contribution in [-0.2, 0) is 4.74 Å². The Morgan fingerprint density at radius 2 is 2.00 bits per heavy atom. The highest BCUT2D eigenvalue weighted by molar-refractivity contribution is 7.14. The SMILES string of the molecule is CCOC(=O)c1c(-c2cc(F)c(C)cc2F)csc1N. The van der Waals surface area contributed by atoms with Crippen LogP contribution in [0.2, 0.25) is 0 Å². The fourth-order valence-corrected chi connectivity index (χ4v) is 2.64. The molecule has 0 atom stereocenters. The average Bonchev–Trinajstić information content (AvgIpc) is 2.76. The number of hydrogen-bond acceptors (Lipinski definition) is 4. The van der Waals surface area contributed by atoms with Crippen molar-refractivity contribution in [1.82, 2.24) is 0 Å². The van der Waals surface area contributed by atoms with E-state index in [2.05, 4.69) is 0 Å². The number of thiophene rings is 1. The first-order valence-electron chi connectivity index (χ1n) is 5.95. The molecule has 106 valence electrons. The van der Waals surface area contributed by atoms with Crippen molar-refractivity contribution in [3.8, 4) is 11.1 Å². The summed E-state index contributed by atoms with van der Waals surface area (Å²) >= 11 is 1.09. The molecule has 0 fully saturated rings. The van der Waals surface area contributed by atoms with E-state index in [9.17, 15) is 13.6 Å². The third-order valence-electron chi connectivity index (χ3n) is 2.84. The molecule has 2 N–H and O–H groups in total. The Bertz CT molecular complexity index is 667. The second kappa shape index (κ2) is 5.58. The molecule has 0 saturated carbocycles. The number of esters is 1. The third-order valence-corrected chi connectivity index (χ3v) is 3.65. The zero-order valence-corrected chi connectivity index (χ0v) is 11.8. The molecule has 1 aromatic heterocycles. The summed E-state index contributed by atoms with van der Waals surface area (Å²) in [7, 11) is 0. The Morgan fingerprint density at radius 1 is 1.30 bits per heavy atom. The highest BCUT2D eigenvalue weighted by atomic mass is 32.1. The molecule has 0 bridgehead atoms. The Balaban J connectivity index is 2.59. The van der Waals surface area contributed by atoms with Gasteiger partial charge in [-0.25, -0.2) is 13.6 Å². The van der Waals surface area contributed by atoms with Gasteiger partial charge >= 0.3 is 5.97 Å². The summed E-state index contributed by atoms with van der Waals surface area (Å²) < 4.78 is 32.5. The molecule has 0 aliphatic rings. The topological polar surface area (TPSA) is 52.3 Å². The minimum atomic E-state index is -0.637. The molecule has 0 aliphatic carbocycles. The fourth-order valence-electron chi connectivity index (χ4n) is 1.84. The molecule has 2 aromatic rings. The van der Waals surface area contributed by atoms with Gasteiger partial charge in [0.15, 0.2) is 0 Å². The van der Waals surface area contributed by atoms with Gasteiger partial charge in [-0.2, -0.15) is 0 Å². The summed E-state index contributed by atoms with van der Waals surface area (Å²) in [6, 6.07) is 2.16. The molecule has 6 heteroatoms. The number of carbonyl (C=O) groups excluding carboxylic acids is 1. The van der Waals surface area contributed by atoms with E-state index < -0.39 is 17.6 Å². The molecule has 0 aliphatic heterocycles. The number of nitrogens with two attached hydrogens (primary N) is 1. The molecule has 0 spiro atoms. The minimum absolute atomic E-state index is 0.00380. The molecule has 1 aromatic carbocycles. The molecule has 0 radical (unpaired) electrons. The van der Waals surface area contributed by atoms with Crippen molar-refractivity contribution in [3.63, 3.8) is 0 Å². The zero-order valence-electron chi connectivity index (χ0n) is 11.0. The van der Waals surface area contributed by atoms with E-state index in [1.165, 1.54) is 12.3 Å². The predicted octanol–water partition coefficient (Wildman–Crippen LogP) is 3.76. The lowest BCUT2D eigenvalue weighted by Crippen LogP contribution is -2.07. The van der Waals surface area contributed by atoms with Crippen molar-refractivity contribution in [2.24, 2.45) is 0 Å². The summed E-state index contributed by atoms with van der Waals surface area (Å²) in [5, 5.41) is 1.74. The van der Waals surface area contributed by atoms with Crippen LogP contribution in [0.5, 0.6) is 0 Å². The molecule has 0 amide bonds. The number of aryl methyl sites for hydroxylation is 1. The van der Waals surface area contributed by atoms with Crippen LogP contribution in [0.25, 0.3) is 11.1 Å². The smallest absolute Gasteiger partial charge is 0.341 e. The Hall–Kier alpha value is -1.95. The van der Waals surface area contributed by atoms with Crippen molar-refractivity contribution < 1.29 is 18.3 Å². The van der Waals surface area contributed by atoms with Gasteiger partial charge in [0.05, 0.1) is 6.61 Å². The summed E-state index contributed by atoms with van der Waals surface area (Å²) in [5.74, 6) is -1.78. The maximum absolute atomic E-state index is 14.0. The van der Waals surface area contributed by atoms with E-state index in [1.54, 1.807) is 6.92 Å². The van der Waals surface area contributed by atoms with Crippen molar-refractivity contribution in [3.05, 3.63) is 40.3 Å². The fraction of sp³-hybridized carbons (Fsp3) is 0.214. The highest BCUT2D eigenvalue weighted by Gasteiger charge is 2.22. The predicted molar refractivity (Wildman–Crippen MR) is 74.8 cm³/mol. The highest BCUT2D eigenvalue weighted by Crippen LogP contribution is 2.36. The van der Waals surface area contributed by atoms with Gasteiger partial charge in [0, 0.05) is 16.5 Å². The molecule has 3 nitrogen and oxygen atoms in total. The molecule has 0 saturated heterocycles. The van der Waals surface area contributed by atoms with Crippen molar-refractivity contribution in [2.75, 3.05) is 12.3 Å². The lowest BCUT2D eigenvalue weighted by atomic mass is 10.0. The number of hydrogen-bond donors (Lipinski definition) is 1. The van der Waals surface area contributed by atoms with Gasteiger partial charge in [-0.15, -0.1) is 11.3 Å². The Kier molecular flexibility index (Phi) is 4.04. The van der Waals surface area contributed by atoms with E-state index in [0.717, 1.165) is 23.5 Å². The van der Waals surface area contributed by atoms with Crippen LogP contribution < -0.4 is 5.73 Å². The van der Waals surface area contributed by atoms with E-state index in [4.69, 9.17) is 10.5 Å². The van der Waals surface area contributed by atoms with Gasteiger partial charge < -0.3 is 10.5 Å². The van der Waals surface area contributed by atoms with Crippen molar-refractivity contribution >= 4 is 22.3 Å². The quantitative estimate of drug-likeness (QED) is 0.878. The maximum Gasteiger partial charge on any atom is 0.341 e. The van der Waals surface area contributed by atoms with Gasteiger partial charge in [-0.05, 0) is 31.5 Å². The van der Waals surface area contributed by atoms with Gasteiger partial charge in [-0.1, -0.05) is 0 Å². The van der Waals surface area contributed by atoms with Crippen LogP contribution in [0.1, 0.15) is 22.8 Å². The van der Waals surface area contributed by atoms with Gasteiger partial charge in [0.25, 0.3) is 0 Å². The molecule has 0 unspecified atom stereocenters. The maximum atomic E-state index is 14.0.